The van der Waals surface area contributed by atoms with Crippen molar-refractivity contribution in [1.82, 2.24) is 20.6 Å². The molecular formula is C27H41ClN8O7. The number of aliphatic hydroxyl groups is 3. The number of hydrogen-bond acceptors (Lipinski definition) is 12. The highest BCUT2D eigenvalue weighted by Crippen LogP contribution is 2.19. The fourth-order valence-electron chi connectivity index (χ4n) is 4.22. The Morgan fingerprint density at radius 1 is 1.14 bits per heavy atom. The average Bonchev–Trinajstić information content (AvgIpc) is 3.38. The van der Waals surface area contributed by atoms with Crippen molar-refractivity contribution in [3.05, 3.63) is 40.7 Å². The lowest BCUT2D eigenvalue weighted by atomic mass is 10.0. The number of unbranched alkanes of at least 4 members (excludes halogenated alkanes) is 1. The monoisotopic (exact) mass is 624 g/mol. The number of guanidine groups is 1. The predicted octanol–water partition coefficient (Wildman–Crippen LogP) is -0.436. The molecular weight excluding hydrogens is 584 g/mol. The minimum Gasteiger partial charge on any atom is -0.492 e. The number of nitrogen functional groups attached to an aromatic ring is 2. The molecule has 1 aliphatic heterocycles. The first-order valence-electron chi connectivity index (χ1n) is 14.0. The maximum Gasteiger partial charge on any atom is 0.302 e. The molecule has 43 heavy (non-hydrogen) atoms. The van der Waals surface area contributed by atoms with Crippen LogP contribution in [0.15, 0.2) is 29.3 Å². The van der Waals surface area contributed by atoms with Gasteiger partial charge in [0.25, 0.3) is 0 Å². The molecule has 2 heterocycles. The van der Waals surface area contributed by atoms with Gasteiger partial charge in [-0.3, -0.25) is 4.79 Å². The van der Waals surface area contributed by atoms with E-state index in [-0.39, 0.29) is 53.8 Å². The van der Waals surface area contributed by atoms with Crippen LogP contribution in [0, 0.1) is 0 Å². The van der Waals surface area contributed by atoms with Gasteiger partial charge in [0.1, 0.15) is 18.5 Å². The zero-order chi connectivity index (χ0) is 31.4. The molecule has 238 valence electrons. The smallest absolute Gasteiger partial charge is 0.302 e. The molecule has 15 nitrogen and oxygen atoms in total. The Labute approximate surface area is 254 Å². The number of nitrogens with one attached hydrogen (secondary N) is 2. The molecule has 3 rings (SSSR count). The first kappa shape index (κ1) is 34.2. The standard InChI is InChI=1S/C27H41ClN8O7/c1-15-42-14-18(43-15)12-19(37)22(39)20(38)13-32-10-11-41-17-7-5-16(6-8-17)4-2-3-9-33-27(31)36-26(40)21-24(29)35-25(30)23(28)34-21/h5-8,15,18-20,22,32,37-39H,2-4,9-14H2,1H3,(H4,29,30,35)(H3,31,33,36,40)/t15-,18+,19-,20+,22+/m1/s1. The van der Waals surface area contributed by atoms with E-state index in [2.05, 4.69) is 25.6 Å². The SMILES string of the molecule is C[C@@H]1OC[C@H](C[C@@H](O)[C@H](O)[C@@H](O)CNCCOc2ccc(CCCCN/C(N)=N/C(=O)c3nc(Cl)c(N)nc3N)cc2)O1. The Balaban J connectivity index is 1.25. The molecule has 0 unspecified atom stereocenters. The quantitative estimate of drug-likeness (QED) is 0.0670. The largest absolute Gasteiger partial charge is 0.492 e. The second kappa shape index (κ2) is 17.1. The minimum atomic E-state index is -1.30. The number of aliphatic imine (C=N–C) groups is 1. The highest BCUT2D eigenvalue weighted by atomic mass is 35.5. The Kier molecular flexibility index (Phi) is 13.6. The lowest BCUT2D eigenvalue weighted by Gasteiger charge is -2.24. The highest BCUT2D eigenvalue weighted by Gasteiger charge is 2.31. The topological polar surface area (TPSA) is 246 Å². The summed E-state index contributed by atoms with van der Waals surface area (Å²) in [5.74, 6) is -0.410. The van der Waals surface area contributed by atoms with E-state index in [1.807, 2.05) is 24.3 Å². The van der Waals surface area contributed by atoms with Crippen molar-refractivity contribution >= 4 is 35.1 Å². The molecule has 11 N–H and O–H groups in total. The van der Waals surface area contributed by atoms with E-state index in [0.29, 0.717) is 32.1 Å². The number of hydrogen-bond donors (Lipinski definition) is 8. The van der Waals surface area contributed by atoms with Gasteiger partial charge in [-0.05, 0) is 43.9 Å². The number of benzene rings is 1. The fourth-order valence-corrected chi connectivity index (χ4v) is 4.34. The van der Waals surface area contributed by atoms with E-state index in [1.54, 1.807) is 6.92 Å². The minimum absolute atomic E-state index is 0.0712. The molecule has 2 aromatic rings. The zero-order valence-electron chi connectivity index (χ0n) is 24.0. The maximum absolute atomic E-state index is 12.2. The van der Waals surface area contributed by atoms with E-state index in [1.165, 1.54) is 0 Å². The van der Waals surface area contributed by atoms with Crippen LogP contribution in [0.4, 0.5) is 11.6 Å². The van der Waals surface area contributed by atoms with Crippen molar-refractivity contribution in [3.8, 4) is 5.75 Å². The zero-order valence-corrected chi connectivity index (χ0v) is 24.7. The molecule has 0 spiro atoms. The van der Waals surface area contributed by atoms with Crippen LogP contribution in [0.3, 0.4) is 0 Å². The van der Waals surface area contributed by atoms with Crippen molar-refractivity contribution in [2.45, 2.75) is 63.3 Å². The molecule has 0 aliphatic carbocycles. The lowest BCUT2D eigenvalue weighted by Crippen LogP contribution is -2.45. The van der Waals surface area contributed by atoms with Gasteiger partial charge in [-0.15, -0.1) is 0 Å². The summed E-state index contributed by atoms with van der Waals surface area (Å²) in [6.07, 6.45) is -1.54. The summed E-state index contributed by atoms with van der Waals surface area (Å²) in [6.45, 7) is 3.52. The van der Waals surface area contributed by atoms with Gasteiger partial charge in [0, 0.05) is 26.1 Å². The van der Waals surface area contributed by atoms with Crippen molar-refractivity contribution < 1.29 is 34.3 Å². The number of halogens is 1. The Morgan fingerprint density at radius 2 is 1.88 bits per heavy atom. The van der Waals surface area contributed by atoms with Crippen molar-refractivity contribution in [3.63, 3.8) is 0 Å². The second-order valence-corrected chi connectivity index (χ2v) is 10.4. The number of anilines is 2. The number of aryl methyl sites for hydroxylation is 1. The molecule has 1 aliphatic rings. The average molecular weight is 625 g/mol. The van der Waals surface area contributed by atoms with Crippen LogP contribution < -0.4 is 32.6 Å². The van der Waals surface area contributed by atoms with Gasteiger partial charge in [-0.2, -0.15) is 4.99 Å². The molecule has 1 fully saturated rings. The van der Waals surface area contributed by atoms with E-state index in [9.17, 15) is 20.1 Å². The van der Waals surface area contributed by atoms with Gasteiger partial charge in [0.15, 0.2) is 34.7 Å². The molecule has 0 bridgehead atoms. The summed E-state index contributed by atoms with van der Waals surface area (Å²) in [5.41, 5.74) is 17.8. The van der Waals surface area contributed by atoms with Crippen LogP contribution in [-0.4, -0.2) is 101 Å². The number of ether oxygens (including phenoxy) is 3. The van der Waals surface area contributed by atoms with E-state index >= 15 is 0 Å². The van der Waals surface area contributed by atoms with Crippen LogP contribution in [-0.2, 0) is 15.9 Å². The summed E-state index contributed by atoms with van der Waals surface area (Å²) in [6, 6.07) is 7.73. The number of rotatable bonds is 16. The summed E-state index contributed by atoms with van der Waals surface area (Å²) < 4.78 is 16.4. The first-order chi connectivity index (χ1) is 20.5. The van der Waals surface area contributed by atoms with Crippen LogP contribution >= 0.6 is 11.6 Å². The third-order valence-corrected chi connectivity index (χ3v) is 6.82. The van der Waals surface area contributed by atoms with Crippen molar-refractivity contribution in [1.29, 1.82) is 0 Å². The van der Waals surface area contributed by atoms with Gasteiger partial charge >= 0.3 is 5.91 Å². The summed E-state index contributed by atoms with van der Waals surface area (Å²) in [5, 5.41) is 36.2. The van der Waals surface area contributed by atoms with E-state index < -0.39 is 24.2 Å². The third-order valence-electron chi connectivity index (χ3n) is 6.55. The predicted molar refractivity (Wildman–Crippen MR) is 160 cm³/mol. The first-order valence-corrected chi connectivity index (χ1v) is 14.4. The Bertz CT molecular complexity index is 1210. The molecule has 0 radical (unpaired) electrons. The molecule has 1 aromatic heterocycles. The van der Waals surface area contributed by atoms with Gasteiger partial charge in [0.05, 0.1) is 24.9 Å². The molecule has 1 saturated heterocycles. The molecule has 0 saturated carbocycles. The van der Waals surface area contributed by atoms with Gasteiger partial charge in [-0.25, -0.2) is 9.97 Å². The number of nitrogens with two attached hydrogens (primary N) is 3. The molecule has 1 amide bonds. The summed E-state index contributed by atoms with van der Waals surface area (Å²) >= 11 is 5.79. The van der Waals surface area contributed by atoms with Gasteiger partial charge in [0.2, 0.25) is 0 Å². The van der Waals surface area contributed by atoms with Crippen LogP contribution in [0.1, 0.15) is 42.2 Å². The van der Waals surface area contributed by atoms with Crippen molar-refractivity contribution in [2.24, 2.45) is 10.7 Å². The molecule has 5 atom stereocenters. The number of aliphatic hydroxyl groups excluding tert-OH is 3. The van der Waals surface area contributed by atoms with E-state index in [4.69, 9.17) is 43.0 Å². The second-order valence-electron chi connectivity index (χ2n) is 10.0. The highest BCUT2D eigenvalue weighted by molar-refractivity contribution is 6.31. The number of carbonyl (C=O) groups excluding carboxylic acids is 1. The fraction of sp³-hybridized carbons (Fsp3) is 0.556. The number of amides is 1. The number of carbonyl (C=O) groups is 1. The maximum atomic E-state index is 12.2. The van der Waals surface area contributed by atoms with E-state index in [0.717, 1.165) is 24.8 Å². The Hall–Kier alpha value is -3.31. The van der Waals surface area contributed by atoms with Gasteiger partial charge in [-0.1, -0.05) is 23.7 Å². The third kappa shape index (κ3) is 11.4. The van der Waals surface area contributed by atoms with Crippen molar-refractivity contribution in [2.75, 3.05) is 44.3 Å². The van der Waals surface area contributed by atoms with Crippen LogP contribution in [0.2, 0.25) is 5.15 Å². The van der Waals surface area contributed by atoms with Gasteiger partial charge < -0.3 is 57.4 Å². The number of aromatic nitrogens is 2. The van der Waals surface area contributed by atoms with Crippen LogP contribution in [0.25, 0.3) is 0 Å². The number of nitrogens with zero attached hydrogens (tertiary/aromatic N) is 3. The lowest BCUT2D eigenvalue weighted by molar-refractivity contribution is -0.0847. The Morgan fingerprint density at radius 3 is 2.58 bits per heavy atom. The normalized spacial score (nSPS) is 19.1. The van der Waals surface area contributed by atoms with Crippen LogP contribution in [0.5, 0.6) is 5.75 Å². The summed E-state index contributed by atoms with van der Waals surface area (Å²) in [7, 11) is 0. The molecule has 1 aromatic carbocycles. The summed E-state index contributed by atoms with van der Waals surface area (Å²) in [4.78, 5) is 23.5. The molecule has 16 heteroatoms.